The molecule has 2 heterocycles. The quantitative estimate of drug-likeness (QED) is 0.732. The number of amides is 1. The Hall–Kier alpha value is -2.82. The molecule has 0 spiro atoms. The summed E-state index contributed by atoms with van der Waals surface area (Å²) in [7, 11) is 1.64. The molecule has 1 atom stereocenters. The lowest BCUT2D eigenvalue weighted by Gasteiger charge is -2.17. The molecule has 2 aromatic carbocycles. The summed E-state index contributed by atoms with van der Waals surface area (Å²) in [6.07, 6.45) is 0.495. The number of anilines is 1. The van der Waals surface area contributed by atoms with Gasteiger partial charge in [0.25, 0.3) is 0 Å². The van der Waals surface area contributed by atoms with Crippen molar-refractivity contribution in [3.05, 3.63) is 54.4 Å². The van der Waals surface area contributed by atoms with E-state index in [1.54, 1.807) is 7.11 Å². The molecule has 0 radical (unpaired) electrons. The van der Waals surface area contributed by atoms with E-state index in [0.717, 1.165) is 34.8 Å². The van der Waals surface area contributed by atoms with E-state index in [9.17, 15) is 4.79 Å². The van der Waals surface area contributed by atoms with E-state index in [4.69, 9.17) is 9.72 Å². The Balaban J connectivity index is 1.66. The van der Waals surface area contributed by atoms with Crippen LogP contribution in [-0.4, -0.2) is 29.1 Å². The molecule has 0 bridgehead atoms. The molecule has 4 rings (SSSR count). The second-order valence-corrected chi connectivity index (χ2v) is 6.31. The predicted octanol–water partition coefficient (Wildman–Crippen LogP) is 3.59. The van der Waals surface area contributed by atoms with E-state index in [1.807, 2.05) is 47.4 Å². The predicted molar refractivity (Wildman–Crippen MR) is 98.1 cm³/mol. The van der Waals surface area contributed by atoms with Gasteiger partial charge in [-0.25, -0.2) is 4.98 Å². The van der Waals surface area contributed by atoms with Crippen LogP contribution in [0.1, 0.15) is 25.1 Å². The van der Waals surface area contributed by atoms with Gasteiger partial charge >= 0.3 is 0 Å². The molecule has 1 fully saturated rings. The molecule has 1 aliphatic rings. The van der Waals surface area contributed by atoms with Crippen LogP contribution >= 0.6 is 0 Å². The third-order valence-electron chi connectivity index (χ3n) is 4.87. The lowest BCUT2D eigenvalue weighted by atomic mass is 10.1. The first kappa shape index (κ1) is 15.7. The molecule has 3 aromatic rings. The zero-order valence-electron chi connectivity index (χ0n) is 14.5. The third kappa shape index (κ3) is 2.65. The van der Waals surface area contributed by atoms with Gasteiger partial charge in [-0.1, -0.05) is 12.1 Å². The van der Waals surface area contributed by atoms with Crippen molar-refractivity contribution in [1.82, 2.24) is 9.55 Å². The van der Waals surface area contributed by atoms with Crippen LogP contribution in [-0.2, 0) is 11.3 Å². The summed E-state index contributed by atoms with van der Waals surface area (Å²) in [4.78, 5) is 19.3. The topological polar surface area (TPSA) is 47.4 Å². The monoisotopic (exact) mass is 335 g/mol. The number of rotatable bonds is 4. The standard InChI is InChI=1S/C20H21N3O2/c1-3-22-18-7-5-4-6-17(18)21-20(22)14-12-19(24)23(13-14)15-8-10-16(25-2)11-9-15/h4-11,14H,3,12-13H2,1-2H3/t14-/m0/s1. The van der Waals surface area contributed by atoms with Crippen molar-refractivity contribution in [2.24, 2.45) is 0 Å². The van der Waals surface area contributed by atoms with Crippen molar-refractivity contribution in [2.75, 3.05) is 18.6 Å². The van der Waals surface area contributed by atoms with Gasteiger partial charge in [0.05, 0.1) is 18.1 Å². The molecule has 0 aliphatic carbocycles. The minimum atomic E-state index is 0.113. The molecule has 5 nitrogen and oxygen atoms in total. The number of methoxy groups -OCH3 is 1. The maximum absolute atomic E-state index is 12.6. The van der Waals surface area contributed by atoms with Crippen LogP contribution in [0.2, 0.25) is 0 Å². The summed E-state index contributed by atoms with van der Waals surface area (Å²) in [5, 5.41) is 0. The first-order valence-electron chi connectivity index (χ1n) is 8.61. The van der Waals surface area contributed by atoms with E-state index in [0.29, 0.717) is 13.0 Å². The summed E-state index contributed by atoms with van der Waals surface area (Å²) >= 11 is 0. The Morgan fingerprint density at radius 2 is 1.92 bits per heavy atom. The van der Waals surface area contributed by atoms with Gasteiger partial charge in [0.2, 0.25) is 5.91 Å². The number of aromatic nitrogens is 2. The smallest absolute Gasteiger partial charge is 0.227 e. The molecule has 0 N–H and O–H groups in total. The van der Waals surface area contributed by atoms with Gasteiger partial charge in [0.15, 0.2) is 0 Å². The van der Waals surface area contributed by atoms with Crippen LogP contribution in [0, 0.1) is 0 Å². The molecule has 0 saturated carbocycles. The van der Waals surface area contributed by atoms with E-state index in [1.165, 1.54) is 0 Å². The number of hydrogen-bond donors (Lipinski definition) is 0. The van der Waals surface area contributed by atoms with Gasteiger partial charge in [0.1, 0.15) is 11.6 Å². The molecule has 1 amide bonds. The fraction of sp³-hybridized carbons (Fsp3) is 0.300. The maximum atomic E-state index is 12.6. The molecule has 1 aromatic heterocycles. The SMILES string of the molecule is CCn1c([C@H]2CC(=O)N(c3ccc(OC)cc3)C2)nc2ccccc21. The highest BCUT2D eigenvalue weighted by molar-refractivity contribution is 5.96. The number of benzene rings is 2. The second-order valence-electron chi connectivity index (χ2n) is 6.31. The summed E-state index contributed by atoms with van der Waals surface area (Å²) in [5.41, 5.74) is 3.04. The summed E-state index contributed by atoms with van der Waals surface area (Å²) in [6.45, 7) is 3.63. The number of nitrogens with zero attached hydrogens (tertiary/aromatic N) is 3. The van der Waals surface area contributed by atoms with Crippen molar-refractivity contribution in [3.63, 3.8) is 0 Å². The Morgan fingerprint density at radius 1 is 1.16 bits per heavy atom. The average molecular weight is 335 g/mol. The van der Waals surface area contributed by atoms with Gasteiger partial charge in [0, 0.05) is 31.1 Å². The zero-order valence-corrected chi connectivity index (χ0v) is 14.5. The number of carbonyl (C=O) groups excluding carboxylic acids is 1. The Bertz CT molecular complexity index is 914. The van der Waals surface area contributed by atoms with Gasteiger partial charge in [-0.05, 0) is 43.3 Å². The lowest BCUT2D eigenvalue weighted by Crippen LogP contribution is -2.24. The summed E-state index contributed by atoms with van der Waals surface area (Å²) < 4.78 is 7.42. The highest BCUT2D eigenvalue weighted by Crippen LogP contribution is 2.33. The van der Waals surface area contributed by atoms with E-state index >= 15 is 0 Å². The molecule has 1 aliphatic heterocycles. The van der Waals surface area contributed by atoms with Crippen LogP contribution in [0.3, 0.4) is 0 Å². The van der Waals surface area contributed by atoms with Gasteiger partial charge < -0.3 is 14.2 Å². The van der Waals surface area contributed by atoms with E-state index in [-0.39, 0.29) is 11.8 Å². The Labute approximate surface area is 146 Å². The van der Waals surface area contributed by atoms with Crippen molar-refractivity contribution in [2.45, 2.75) is 25.8 Å². The summed E-state index contributed by atoms with van der Waals surface area (Å²) in [5.74, 6) is 2.06. The second kappa shape index (κ2) is 6.24. The van der Waals surface area contributed by atoms with Gasteiger partial charge in [-0.15, -0.1) is 0 Å². The summed E-state index contributed by atoms with van der Waals surface area (Å²) in [6, 6.07) is 15.8. The average Bonchev–Trinajstić information content (AvgIpc) is 3.22. The number of carbonyl (C=O) groups is 1. The number of ether oxygens (including phenoxy) is 1. The number of aryl methyl sites for hydroxylation is 1. The van der Waals surface area contributed by atoms with Crippen LogP contribution in [0.15, 0.2) is 48.5 Å². The first-order valence-corrected chi connectivity index (χ1v) is 8.61. The maximum Gasteiger partial charge on any atom is 0.227 e. The zero-order chi connectivity index (χ0) is 17.4. The Morgan fingerprint density at radius 3 is 2.64 bits per heavy atom. The largest absolute Gasteiger partial charge is 0.497 e. The number of para-hydroxylation sites is 2. The van der Waals surface area contributed by atoms with E-state index in [2.05, 4.69) is 17.6 Å². The minimum absolute atomic E-state index is 0.113. The molecular weight excluding hydrogens is 314 g/mol. The first-order chi connectivity index (χ1) is 12.2. The fourth-order valence-electron chi connectivity index (χ4n) is 3.63. The molecule has 128 valence electrons. The molecule has 5 heteroatoms. The van der Waals surface area contributed by atoms with Crippen molar-refractivity contribution in [3.8, 4) is 5.75 Å². The lowest BCUT2D eigenvalue weighted by molar-refractivity contribution is -0.117. The molecule has 0 unspecified atom stereocenters. The molecule has 1 saturated heterocycles. The number of hydrogen-bond acceptors (Lipinski definition) is 3. The van der Waals surface area contributed by atoms with Crippen molar-refractivity contribution < 1.29 is 9.53 Å². The number of imidazole rings is 1. The van der Waals surface area contributed by atoms with Crippen LogP contribution in [0.5, 0.6) is 5.75 Å². The van der Waals surface area contributed by atoms with Crippen LogP contribution in [0.25, 0.3) is 11.0 Å². The fourth-order valence-corrected chi connectivity index (χ4v) is 3.63. The third-order valence-corrected chi connectivity index (χ3v) is 4.87. The van der Waals surface area contributed by atoms with Gasteiger partial charge in [-0.3, -0.25) is 4.79 Å². The molecular formula is C20H21N3O2. The van der Waals surface area contributed by atoms with Crippen LogP contribution in [0.4, 0.5) is 5.69 Å². The Kier molecular flexibility index (Phi) is 3.92. The molecule has 25 heavy (non-hydrogen) atoms. The normalized spacial score (nSPS) is 17.4. The highest BCUT2D eigenvalue weighted by Gasteiger charge is 2.34. The van der Waals surface area contributed by atoms with E-state index < -0.39 is 0 Å². The van der Waals surface area contributed by atoms with Gasteiger partial charge in [-0.2, -0.15) is 0 Å². The van der Waals surface area contributed by atoms with Crippen LogP contribution < -0.4 is 9.64 Å². The van der Waals surface area contributed by atoms with Crippen molar-refractivity contribution in [1.29, 1.82) is 0 Å². The van der Waals surface area contributed by atoms with Crippen molar-refractivity contribution >= 4 is 22.6 Å². The highest BCUT2D eigenvalue weighted by atomic mass is 16.5. The minimum Gasteiger partial charge on any atom is -0.497 e. The number of fused-ring (bicyclic) bond motifs is 1.